The maximum atomic E-state index is 12.3. The van der Waals surface area contributed by atoms with Crippen LogP contribution >= 0.6 is 0 Å². The summed E-state index contributed by atoms with van der Waals surface area (Å²) in [5.74, 6) is -2.93. The molecule has 0 unspecified atom stereocenters. The first-order valence-corrected chi connectivity index (χ1v) is 24.3. The SMILES string of the molecule is CC(=O)[C@@H](N)CCCCNC(=O)COCCOCCCC(=O)[C@@H](N)CCCCNC(=O)COCCOCCNC(=O)CC[C@H](NC(=O)CCCCCCCCCOc1ccc(C(=O)O)cc1)C(=O)O. The molecule has 0 bridgehead atoms. The highest BCUT2D eigenvalue weighted by atomic mass is 16.5. The van der Waals surface area contributed by atoms with Gasteiger partial charge in [0, 0.05) is 45.5 Å². The van der Waals surface area contributed by atoms with E-state index in [9.17, 15) is 43.5 Å². The second-order valence-corrected chi connectivity index (χ2v) is 16.7. The van der Waals surface area contributed by atoms with Crippen molar-refractivity contribution in [1.82, 2.24) is 21.3 Å². The fourth-order valence-corrected chi connectivity index (χ4v) is 6.51. The van der Waals surface area contributed by atoms with Gasteiger partial charge in [0.15, 0.2) is 0 Å². The van der Waals surface area contributed by atoms with Crippen LogP contribution in [-0.2, 0) is 52.5 Å². The molecular formula is C48H80N6O15. The number of carbonyl (C=O) groups is 8. The van der Waals surface area contributed by atoms with Crippen molar-refractivity contribution >= 4 is 47.1 Å². The maximum absolute atomic E-state index is 12.3. The molecule has 21 nitrogen and oxygen atoms in total. The summed E-state index contributed by atoms with van der Waals surface area (Å²) < 4.78 is 27.1. The van der Waals surface area contributed by atoms with Crippen molar-refractivity contribution in [3.05, 3.63) is 29.8 Å². The molecule has 0 saturated heterocycles. The Kier molecular flexibility index (Phi) is 36.6. The van der Waals surface area contributed by atoms with Crippen molar-refractivity contribution in [3.63, 3.8) is 0 Å². The van der Waals surface area contributed by atoms with E-state index in [-0.39, 0.29) is 113 Å². The molecule has 0 aliphatic heterocycles. The van der Waals surface area contributed by atoms with Gasteiger partial charge in [-0.3, -0.25) is 28.8 Å². The van der Waals surface area contributed by atoms with Crippen LogP contribution in [0, 0.1) is 0 Å². The van der Waals surface area contributed by atoms with Crippen molar-refractivity contribution in [1.29, 1.82) is 0 Å². The number of ether oxygens (including phenoxy) is 5. The summed E-state index contributed by atoms with van der Waals surface area (Å²) in [6.45, 7) is 4.29. The number of carboxylic acid groups (broad SMARTS) is 2. The highest BCUT2D eigenvalue weighted by Crippen LogP contribution is 2.14. The lowest BCUT2D eigenvalue weighted by Gasteiger charge is -2.14. The van der Waals surface area contributed by atoms with Crippen molar-refractivity contribution in [2.24, 2.45) is 11.5 Å². The monoisotopic (exact) mass is 981 g/mol. The summed E-state index contributed by atoms with van der Waals surface area (Å²) in [5, 5.41) is 29.1. The molecule has 392 valence electrons. The number of nitrogens with one attached hydrogen (secondary N) is 4. The highest BCUT2D eigenvalue weighted by molar-refractivity contribution is 5.87. The summed E-state index contributed by atoms with van der Waals surface area (Å²) in [4.78, 5) is 94.5. The normalized spacial score (nSPS) is 12.3. The van der Waals surface area contributed by atoms with E-state index in [1.165, 1.54) is 19.1 Å². The predicted molar refractivity (Wildman–Crippen MR) is 256 cm³/mol. The van der Waals surface area contributed by atoms with Gasteiger partial charge in [-0.05, 0) is 95.4 Å². The number of nitrogens with two attached hydrogens (primary N) is 2. The van der Waals surface area contributed by atoms with E-state index >= 15 is 0 Å². The molecule has 4 amide bonds. The fraction of sp³-hybridized carbons (Fsp3) is 0.708. The number of benzene rings is 1. The van der Waals surface area contributed by atoms with E-state index < -0.39 is 30.1 Å². The zero-order chi connectivity index (χ0) is 50.9. The van der Waals surface area contributed by atoms with Crippen LogP contribution in [0.5, 0.6) is 5.75 Å². The largest absolute Gasteiger partial charge is 0.494 e. The summed E-state index contributed by atoms with van der Waals surface area (Å²) in [5.41, 5.74) is 11.9. The van der Waals surface area contributed by atoms with Crippen LogP contribution in [0.4, 0.5) is 0 Å². The van der Waals surface area contributed by atoms with Crippen LogP contribution in [-0.4, -0.2) is 155 Å². The third-order valence-electron chi connectivity index (χ3n) is 10.7. The molecule has 0 radical (unpaired) electrons. The lowest BCUT2D eigenvalue weighted by molar-refractivity contribution is -0.142. The number of amides is 4. The Morgan fingerprint density at radius 1 is 0.507 bits per heavy atom. The van der Waals surface area contributed by atoms with E-state index in [0.29, 0.717) is 77.2 Å². The molecule has 69 heavy (non-hydrogen) atoms. The Morgan fingerprint density at radius 2 is 1.04 bits per heavy atom. The van der Waals surface area contributed by atoms with Gasteiger partial charge in [0.25, 0.3) is 0 Å². The Bertz CT molecular complexity index is 1630. The van der Waals surface area contributed by atoms with E-state index in [1.54, 1.807) is 12.1 Å². The summed E-state index contributed by atoms with van der Waals surface area (Å²) in [7, 11) is 0. The molecule has 1 aromatic carbocycles. The third-order valence-corrected chi connectivity index (χ3v) is 10.7. The first kappa shape index (κ1) is 62.0. The Balaban J connectivity index is 1.94. The number of Topliss-reactive ketones (excluding diaryl/α,β-unsaturated/α-hetero) is 2. The molecule has 0 spiro atoms. The van der Waals surface area contributed by atoms with Crippen LogP contribution in [0.15, 0.2) is 24.3 Å². The summed E-state index contributed by atoms with van der Waals surface area (Å²) in [6, 6.07) is 4.07. The predicted octanol–water partition coefficient (Wildman–Crippen LogP) is 2.58. The summed E-state index contributed by atoms with van der Waals surface area (Å²) in [6.07, 6.45) is 11.0. The van der Waals surface area contributed by atoms with Crippen molar-refractivity contribution in [2.45, 2.75) is 141 Å². The first-order chi connectivity index (χ1) is 33.2. The minimum absolute atomic E-state index is 0.0446. The van der Waals surface area contributed by atoms with Crippen LogP contribution in [0.1, 0.15) is 133 Å². The topological polar surface area (TPSA) is 323 Å². The van der Waals surface area contributed by atoms with Gasteiger partial charge in [0.1, 0.15) is 36.6 Å². The number of hydrogen-bond acceptors (Lipinski definition) is 15. The molecule has 0 aromatic heterocycles. The molecule has 0 fully saturated rings. The first-order valence-electron chi connectivity index (χ1n) is 24.3. The second-order valence-electron chi connectivity index (χ2n) is 16.7. The molecule has 1 aromatic rings. The number of carboxylic acids is 2. The lowest BCUT2D eigenvalue weighted by Crippen LogP contribution is -2.41. The maximum Gasteiger partial charge on any atom is 0.335 e. The fourth-order valence-electron chi connectivity index (χ4n) is 6.51. The van der Waals surface area contributed by atoms with Gasteiger partial charge in [-0.1, -0.05) is 32.1 Å². The van der Waals surface area contributed by atoms with Crippen LogP contribution in [0.25, 0.3) is 0 Å². The molecule has 1 rings (SSSR count). The van der Waals surface area contributed by atoms with Crippen LogP contribution in [0.3, 0.4) is 0 Å². The standard InChI is InChI=1S/C48H80N6O15/c1-36(55)39(49)14-8-10-24-51-45(59)34-67-32-30-65-27-13-16-42(56)40(50)15-9-11-25-52-46(60)35-68-33-31-66-29-26-53-43(57)23-22-41(48(63)64)54-44(58)17-7-5-3-2-4-6-12-28-69-38-20-18-37(19-21-38)47(61)62/h18-21,39-41H,2-17,22-35,49-50H2,1H3,(H,51,59)(H,52,60)(H,53,57)(H,54,58)(H,61,62)(H,63,64)/t39-,40-,41-/m0/s1. The minimum atomic E-state index is -1.21. The number of unbranched alkanes of at least 4 members (excludes halogenated alkanes) is 8. The highest BCUT2D eigenvalue weighted by Gasteiger charge is 2.21. The average molecular weight is 981 g/mol. The van der Waals surface area contributed by atoms with E-state index in [1.807, 2.05) is 0 Å². The van der Waals surface area contributed by atoms with Crippen LogP contribution < -0.4 is 37.5 Å². The molecule has 0 heterocycles. The number of aromatic carboxylic acids is 1. The zero-order valence-corrected chi connectivity index (χ0v) is 40.6. The Hall–Kier alpha value is -5.06. The number of aliphatic carboxylic acids is 1. The number of carbonyl (C=O) groups excluding carboxylic acids is 6. The van der Waals surface area contributed by atoms with Gasteiger partial charge in [-0.15, -0.1) is 0 Å². The molecular weight excluding hydrogens is 901 g/mol. The van der Waals surface area contributed by atoms with Gasteiger partial charge in [0.2, 0.25) is 23.6 Å². The van der Waals surface area contributed by atoms with Crippen LogP contribution in [0.2, 0.25) is 0 Å². The number of rotatable bonds is 46. The number of hydrogen-bond donors (Lipinski definition) is 8. The summed E-state index contributed by atoms with van der Waals surface area (Å²) >= 11 is 0. The Morgan fingerprint density at radius 3 is 1.62 bits per heavy atom. The second kappa shape index (κ2) is 40.8. The van der Waals surface area contributed by atoms with E-state index in [0.717, 1.165) is 51.4 Å². The smallest absolute Gasteiger partial charge is 0.335 e. The third kappa shape index (κ3) is 35.7. The Labute approximate surface area is 406 Å². The quantitative estimate of drug-likeness (QED) is 0.0435. The van der Waals surface area contributed by atoms with E-state index in [2.05, 4.69) is 21.3 Å². The molecule has 0 aliphatic rings. The lowest BCUT2D eigenvalue weighted by atomic mass is 10.0. The van der Waals surface area contributed by atoms with Gasteiger partial charge in [-0.2, -0.15) is 0 Å². The van der Waals surface area contributed by atoms with Crippen molar-refractivity contribution < 1.29 is 72.3 Å². The van der Waals surface area contributed by atoms with Crippen molar-refractivity contribution in [2.75, 3.05) is 79.1 Å². The van der Waals surface area contributed by atoms with E-state index in [4.69, 9.17) is 40.3 Å². The minimum Gasteiger partial charge on any atom is -0.494 e. The van der Waals surface area contributed by atoms with Gasteiger partial charge >= 0.3 is 11.9 Å². The molecule has 21 heteroatoms. The average Bonchev–Trinajstić information content (AvgIpc) is 3.31. The molecule has 3 atom stereocenters. The molecule has 0 saturated carbocycles. The van der Waals surface area contributed by atoms with Gasteiger partial charge in [0.05, 0.1) is 57.3 Å². The zero-order valence-electron chi connectivity index (χ0n) is 40.6. The van der Waals surface area contributed by atoms with Gasteiger partial charge in [-0.25, -0.2) is 9.59 Å². The van der Waals surface area contributed by atoms with Crippen molar-refractivity contribution in [3.8, 4) is 5.75 Å². The number of ketones is 2. The molecule has 0 aliphatic carbocycles. The molecule has 10 N–H and O–H groups in total. The van der Waals surface area contributed by atoms with Gasteiger partial charge < -0.3 is 66.6 Å².